The van der Waals surface area contributed by atoms with Crippen molar-refractivity contribution in [1.82, 2.24) is 10.2 Å². The highest BCUT2D eigenvalue weighted by Gasteiger charge is 2.19. The summed E-state index contributed by atoms with van der Waals surface area (Å²) in [5.41, 5.74) is 1.24. The van der Waals surface area contributed by atoms with Crippen LogP contribution in [-0.4, -0.2) is 37.2 Å². The second kappa shape index (κ2) is 7.68. The fourth-order valence-corrected chi connectivity index (χ4v) is 2.40. The van der Waals surface area contributed by atoms with Gasteiger partial charge < -0.3 is 14.5 Å². The van der Waals surface area contributed by atoms with Crippen LogP contribution in [0.2, 0.25) is 0 Å². The maximum absolute atomic E-state index is 5.68. The van der Waals surface area contributed by atoms with Crippen molar-refractivity contribution in [3.05, 3.63) is 23.7 Å². The third-order valence-corrected chi connectivity index (χ3v) is 3.52. The molecule has 0 aliphatic carbocycles. The van der Waals surface area contributed by atoms with Crippen LogP contribution < -0.4 is 5.32 Å². The number of rotatable bonds is 7. The van der Waals surface area contributed by atoms with Crippen LogP contribution in [0.4, 0.5) is 0 Å². The fourth-order valence-electron chi connectivity index (χ4n) is 2.40. The van der Waals surface area contributed by atoms with E-state index in [4.69, 9.17) is 9.15 Å². The highest BCUT2D eigenvalue weighted by Crippen LogP contribution is 2.14. The van der Waals surface area contributed by atoms with Gasteiger partial charge in [0.25, 0.3) is 0 Å². The van der Waals surface area contributed by atoms with Gasteiger partial charge in [-0.2, -0.15) is 0 Å². The van der Waals surface area contributed by atoms with Gasteiger partial charge in [-0.3, -0.25) is 4.90 Å². The molecule has 1 atom stereocenters. The number of hydrogen-bond donors (Lipinski definition) is 1. The quantitative estimate of drug-likeness (QED) is 0.769. The van der Waals surface area contributed by atoms with E-state index in [0.29, 0.717) is 6.10 Å². The molecule has 1 saturated heterocycles. The lowest BCUT2D eigenvalue weighted by Gasteiger charge is -2.31. The molecular weight excluding hydrogens is 240 g/mol. The summed E-state index contributed by atoms with van der Waals surface area (Å²) in [7, 11) is 0. The van der Waals surface area contributed by atoms with Crippen molar-refractivity contribution in [2.45, 2.75) is 45.9 Å². The molecule has 4 heteroatoms. The largest absolute Gasteiger partial charge is 0.468 e. The summed E-state index contributed by atoms with van der Waals surface area (Å²) in [6, 6.07) is 2.17. The molecule has 0 amide bonds. The second-order valence-corrected chi connectivity index (χ2v) is 5.23. The Hall–Kier alpha value is -0.840. The van der Waals surface area contributed by atoms with E-state index in [1.807, 2.05) is 6.26 Å². The normalized spacial score (nSPS) is 20.8. The molecule has 1 aliphatic rings. The minimum atomic E-state index is 0.384. The third kappa shape index (κ3) is 4.64. The van der Waals surface area contributed by atoms with Gasteiger partial charge in [-0.05, 0) is 25.5 Å². The highest BCUT2D eigenvalue weighted by atomic mass is 16.5. The molecule has 4 nitrogen and oxygen atoms in total. The van der Waals surface area contributed by atoms with Crippen molar-refractivity contribution in [3.63, 3.8) is 0 Å². The van der Waals surface area contributed by atoms with Crippen LogP contribution in [-0.2, 0) is 17.8 Å². The van der Waals surface area contributed by atoms with Gasteiger partial charge in [0.15, 0.2) is 0 Å². The van der Waals surface area contributed by atoms with Gasteiger partial charge in [0.05, 0.1) is 25.5 Å². The Morgan fingerprint density at radius 2 is 2.32 bits per heavy atom. The van der Waals surface area contributed by atoms with Gasteiger partial charge in [-0.15, -0.1) is 0 Å². The summed E-state index contributed by atoms with van der Waals surface area (Å²) >= 11 is 0. The monoisotopic (exact) mass is 266 g/mol. The Bertz CT molecular complexity index is 365. The summed E-state index contributed by atoms with van der Waals surface area (Å²) in [5.74, 6) is 1.06. The van der Waals surface area contributed by atoms with Crippen LogP contribution in [0.15, 0.2) is 16.7 Å². The van der Waals surface area contributed by atoms with Crippen molar-refractivity contribution in [1.29, 1.82) is 0 Å². The summed E-state index contributed by atoms with van der Waals surface area (Å²) in [5, 5.41) is 3.39. The van der Waals surface area contributed by atoms with Gasteiger partial charge in [0, 0.05) is 25.2 Å². The van der Waals surface area contributed by atoms with E-state index in [1.54, 1.807) is 0 Å². The van der Waals surface area contributed by atoms with Crippen LogP contribution in [0.25, 0.3) is 0 Å². The molecule has 1 aromatic rings. The SMILES string of the molecule is CCCNCc1coc(CN2CCOC(CC)C2)c1. The summed E-state index contributed by atoms with van der Waals surface area (Å²) in [4.78, 5) is 2.42. The van der Waals surface area contributed by atoms with Gasteiger partial charge in [0.1, 0.15) is 5.76 Å². The van der Waals surface area contributed by atoms with Crippen molar-refractivity contribution in [2.24, 2.45) is 0 Å². The van der Waals surface area contributed by atoms with Crippen molar-refractivity contribution in [3.8, 4) is 0 Å². The Labute approximate surface area is 116 Å². The topological polar surface area (TPSA) is 37.6 Å². The third-order valence-electron chi connectivity index (χ3n) is 3.52. The van der Waals surface area contributed by atoms with E-state index in [1.165, 1.54) is 5.56 Å². The lowest BCUT2D eigenvalue weighted by Crippen LogP contribution is -2.41. The molecule has 0 spiro atoms. The number of morpholine rings is 1. The van der Waals surface area contributed by atoms with E-state index in [9.17, 15) is 0 Å². The maximum atomic E-state index is 5.68. The molecular formula is C15H26N2O2. The first-order valence-corrected chi connectivity index (χ1v) is 7.42. The number of furan rings is 1. The number of hydrogen-bond acceptors (Lipinski definition) is 4. The lowest BCUT2D eigenvalue weighted by atomic mass is 10.2. The van der Waals surface area contributed by atoms with E-state index < -0.39 is 0 Å². The predicted molar refractivity (Wildman–Crippen MR) is 76.0 cm³/mol. The summed E-state index contributed by atoms with van der Waals surface area (Å²) in [6.07, 6.45) is 4.50. The molecule has 0 bridgehead atoms. The van der Waals surface area contributed by atoms with E-state index in [0.717, 1.165) is 57.9 Å². The fraction of sp³-hybridized carbons (Fsp3) is 0.733. The van der Waals surface area contributed by atoms with Crippen molar-refractivity contribution < 1.29 is 9.15 Å². The molecule has 108 valence electrons. The van der Waals surface area contributed by atoms with Crippen LogP contribution in [0, 0.1) is 0 Å². The standard InChI is InChI=1S/C15H26N2O2/c1-3-5-16-9-13-8-15(19-12-13)11-17-6-7-18-14(4-2)10-17/h8,12,14,16H,3-7,9-11H2,1-2H3. The van der Waals surface area contributed by atoms with Gasteiger partial charge >= 0.3 is 0 Å². The smallest absolute Gasteiger partial charge is 0.118 e. The summed E-state index contributed by atoms with van der Waals surface area (Å²) < 4.78 is 11.3. The van der Waals surface area contributed by atoms with Crippen LogP contribution >= 0.6 is 0 Å². The Balaban J connectivity index is 1.78. The molecule has 1 aromatic heterocycles. The molecule has 0 saturated carbocycles. The van der Waals surface area contributed by atoms with Crippen molar-refractivity contribution in [2.75, 3.05) is 26.2 Å². The lowest BCUT2D eigenvalue weighted by molar-refractivity contribution is -0.0341. The molecule has 1 fully saturated rings. The number of nitrogens with one attached hydrogen (secondary N) is 1. The van der Waals surface area contributed by atoms with E-state index in [-0.39, 0.29) is 0 Å². The minimum absolute atomic E-state index is 0.384. The molecule has 0 radical (unpaired) electrons. The summed E-state index contributed by atoms with van der Waals surface area (Å²) in [6.45, 7) is 10.1. The second-order valence-electron chi connectivity index (χ2n) is 5.23. The first-order valence-electron chi connectivity index (χ1n) is 7.42. The average Bonchev–Trinajstić information content (AvgIpc) is 2.87. The van der Waals surface area contributed by atoms with Crippen molar-refractivity contribution >= 4 is 0 Å². The number of ether oxygens (including phenoxy) is 1. The van der Waals surface area contributed by atoms with E-state index in [2.05, 4.69) is 30.1 Å². The van der Waals surface area contributed by atoms with Crippen LogP contribution in [0.5, 0.6) is 0 Å². The molecule has 2 heterocycles. The predicted octanol–water partition coefficient (Wildman–Crippen LogP) is 2.39. The zero-order chi connectivity index (χ0) is 13.5. The number of nitrogens with zero attached hydrogens (tertiary/aromatic N) is 1. The average molecular weight is 266 g/mol. The maximum Gasteiger partial charge on any atom is 0.118 e. The Kier molecular flexibility index (Phi) is 5.89. The first-order chi connectivity index (χ1) is 9.31. The highest BCUT2D eigenvalue weighted by molar-refractivity contribution is 5.12. The molecule has 1 aliphatic heterocycles. The first kappa shape index (κ1) is 14.6. The molecule has 19 heavy (non-hydrogen) atoms. The Morgan fingerprint density at radius 1 is 1.42 bits per heavy atom. The van der Waals surface area contributed by atoms with Gasteiger partial charge in [-0.1, -0.05) is 13.8 Å². The van der Waals surface area contributed by atoms with Gasteiger partial charge in [-0.25, -0.2) is 0 Å². The minimum Gasteiger partial charge on any atom is -0.468 e. The van der Waals surface area contributed by atoms with Crippen LogP contribution in [0.1, 0.15) is 38.0 Å². The van der Waals surface area contributed by atoms with Crippen LogP contribution in [0.3, 0.4) is 0 Å². The van der Waals surface area contributed by atoms with E-state index >= 15 is 0 Å². The molecule has 0 aromatic carbocycles. The zero-order valence-corrected chi connectivity index (χ0v) is 12.2. The Morgan fingerprint density at radius 3 is 3.11 bits per heavy atom. The van der Waals surface area contributed by atoms with Gasteiger partial charge in [0.2, 0.25) is 0 Å². The molecule has 1 unspecified atom stereocenters. The molecule has 2 rings (SSSR count). The zero-order valence-electron chi connectivity index (χ0n) is 12.2. The molecule has 1 N–H and O–H groups in total.